The monoisotopic (exact) mass is 220 g/mol. The Morgan fingerprint density at radius 2 is 2.47 bits per heavy atom. The molecule has 2 nitrogen and oxygen atoms in total. The minimum absolute atomic E-state index is 0.215. The highest BCUT2D eigenvalue weighted by atomic mass is 32.1. The second kappa shape index (κ2) is 4.78. The van der Waals surface area contributed by atoms with Gasteiger partial charge in [-0.1, -0.05) is 12.5 Å². The molecule has 2 unspecified atom stereocenters. The van der Waals surface area contributed by atoms with Gasteiger partial charge in [0.1, 0.15) is 0 Å². The molecule has 0 spiro atoms. The van der Waals surface area contributed by atoms with Crippen molar-refractivity contribution in [2.75, 3.05) is 0 Å². The number of nitrogens with one attached hydrogen (secondary N) is 1. The van der Waals surface area contributed by atoms with Crippen LogP contribution in [0.25, 0.3) is 0 Å². The third-order valence-electron chi connectivity index (χ3n) is 3.12. The van der Waals surface area contributed by atoms with E-state index in [1.807, 2.05) is 0 Å². The molecule has 0 aliphatic heterocycles. The van der Waals surface area contributed by atoms with E-state index in [0.29, 0.717) is 12.1 Å². The number of nitrogens with zero attached hydrogens (tertiary/aromatic N) is 1. The van der Waals surface area contributed by atoms with Crippen LogP contribution in [-0.4, -0.2) is 6.04 Å². The molecule has 1 aliphatic carbocycles. The fourth-order valence-electron chi connectivity index (χ4n) is 2.25. The SMILES string of the molecule is C[C@H](NC1CCCC1C#N)c1cccs1. The average molecular weight is 220 g/mol. The van der Waals surface area contributed by atoms with Crippen LogP contribution in [0.1, 0.15) is 37.1 Å². The Balaban J connectivity index is 1.94. The van der Waals surface area contributed by atoms with Crippen molar-refractivity contribution in [3.63, 3.8) is 0 Å². The van der Waals surface area contributed by atoms with Crippen molar-refractivity contribution in [2.24, 2.45) is 5.92 Å². The van der Waals surface area contributed by atoms with E-state index in [2.05, 4.69) is 35.8 Å². The third-order valence-corrected chi connectivity index (χ3v) is 4.17. The molecule has 1 aromatic heterocycles. The molecule has 1 saturated carbocycles. The lowest BCUT2D eigenvalue weighted by Crippen LogP contribution is -2.33. The Bertz CT molecular complexity index is 339. The molecule has 0 amide bonds. The van der Waals surface area contributed by atoms with E-state index in [4.69, 9.17) is 5.26 Å². The Hall–Kier alpha value is -0.850. The molecule has 80 valence electrons. The van der Waals surface area contributed by atoms with Gasteiger partial charge in [-0.05, 0) is 31.2 Å². The summed E-state index contributed by atoms with van der Waals surface area (Å²) in [5, 5.41) is 14.7. The Morgan fingerprint density at radius 3 is 3.13 bits per heavy atom. The molecule has 1 N–H and O–H groups in total. The van der Waals surface area contributed by atoms with E-state index in [1.54, 1.807) is 11.3 Å². The lowest BCUT2D eigenvalue weighted by Gasteiger charge is -2.20. The molecule has 0 radical (unpaired) electrons. The van der Waals surface area contributed by atoms with Crippen molar-refractivity contribution in [1.29, 1.82) is 5.26 Å². The topological polar surface area (TPSA) is 35.8 Å². The minimum Gasteiger partial charge on any atom is -0.305 e. The van der Waals surface area contributed by atoms with Crippen LogP contribution in [0.3, 0.4) is 0 Å². The number of hydrogen-bond acceptors (Lipinski definition) is 3. The maximum Gasteiger partial charge on any atom is 0.0672 e. The Morgan fingerprint density at radius 1 is 1.60 bits per heavy atom. The van der Waals surface area contributed by atoms with Crippen LogP contribution in [-0.2, 0) is 0 Å². The summed E-state index contributed by atoms with van der Waals surface area (Å²) in [5.41, 5.74) is 0. The fourth-order valence-corrected chi connectivity index (χ4v) is 3.00. The molecule has 1 fully saturated rings. The normalized spacial score (nSPS) is 27.5. The van der Waals surface area contributed by atoms with E-state index >= 15 is 0 Å². The maximum absolute atomic E-state index is 8.99. The zero-order chi connectivity index (χ0) is 10.7. The fraction of sp³-hybridized carbons (Fsp3) is 0.583. The summed E-state index contributed by atoms with van der Waals surface area (Å²) < 4.78 is 0. The van der Waals surface area contributed by atoms with Crippen LogP contribution in [0.5, 0.6) is 0 Å². The molecule has 1 aromatic rings. The molecule has 0 aromatic carbocycles. The highest BCUT2D eigenvalue weighted by molar-refractivity contribution is 7.10. The molecule has 1 aliphatic rings. The van der Waals surface area contributed by atoms with E-state index in [0.717, 1.165) is 12.8 Å². The Kier molecular flexibility index (Phi) is 3.40. The molecule has 0 bridgehead atoms. The maximum atomic E-state index is 8.99. The first-order chi connectivity index (χ1) is 7.31. The van der Waals surface area contributed by atoms with E-state index < -0.39 is 0 Å². The van der Waals surface area contributed by atoms with Crippen LogP contribution < -0.4 is 5.32 Å². The van der Waals surface area contributed by atoms with Crippen molar-refractivity contribution >= 4 is 11.3 Å². The van der Waals surface area contributed by atoms with Gasteiger partial charge in [-0.3, -0.25) is 0 Å². The zero-order valence-electron chi connectivity index (χ0n) is 8.94. The summed E-state index contributed by atoms with van der Waals surface area (Å²) in [7, 11) is 0. The number of rotatable bonds is 3. The van der Waals surface area contributed by atoms with Crippen molar-refractivity contribution in [1.82, 2.24) is 5.32 Å². The molecule has 1 heterocycles. The highest BCUT2D eigenvalue weighted by Crippen LogP contribution is 2.28. The molecular weight excluding hydrogens is 204 g/mol. The average Bonchev–Trinajstić information content (AvgIpc) is 2.87. The van der Waals surface area contributed by atoms with Gasteiger partial charge in [0.25, 0.3) is 0 Å². The predicted octanol–water partition coefficient (Wildman–Crippen LogP) is 3.09. The summed E-state index contributed by atoms with van der Waals surface area (Å²) in [6, 6.07) is 7.41. The van der Waals surface area contributed by atoms with Crippen LogP contribution >= 0.6 is 11.3 Å². The first kappa shape index (κ1) is 10.7. The largest absolute Gasteiger partial charge is 0.305 e. The van der Waals surface area contributed by atoms with Gasteiger partial charge >= 0.3 is 0 Å². The molecule has 3 heteroatoms. The standard InChI is InChI=1S/C12H16N2S/c1-9(12-6-3-7-15-12)14-11-5-2-4-10(11)8-13/h3,6-7,9-11,14H,2,4-5H2,1H3/t9-,10?,11?/m0/s1. The zero-order valence-corrected chi connectivity index (χ0v) is 9.76. The van der Waals surface area contributed by atoms with Gasteiger partial charge < -0.3 is 5.32 Å². The Labute approximate surface area is 94.9 Å². The highest BCUT2D eigenvalue weighted by Gasteiger charge is 2.28. The van der Waals surface area contributed by atoms with Gasteiger partial charge in [-0.2, -0.15) is 5.26 Å². The third kappa shape index (κ3) is 2.39. The minimum atomic E-state index is 0.215. The van der Waals surface area contributed by atoms with Gasteiger partial charge in [-0.15, -0.1) is 11.3 Å². The first-order valence-corrected chi connectivity index (χ1v) is 6.38. The van der Waals surface area contributed by atoms with Gasteiger partial charge in [-0.25, -0.2) is 0 Å². The first-order valence-electron chi connectivity index (χ1n) is 5.50. The summed E-state index contributed by atoms with van der Waals surface area (Å²) >= 11 is 1.78. The quantitative estimate of drug-likeness (QED) is 0.849. The molecule has 2 rings (SSSR count). The smallest absolute Gasteiger partial charge is 0.0672 e. The predicted molar refractivity (Wildman–Crippen MR) is 62.6 cm³/mol. The molecule has 15 heavy (non-hydrogen) atoms. The van der Waals surface area contributed by atoms with Gasteiger partial charge in [0, 0.05) is 17.0 Å². The summed E-state index contributed by atoms with van der Waals surface area (Å²) in [5.74, 6) is 0.215. The second-order valence-electron chi connectivity index (χ2n) is 4.18. The molecule has 3 atom stereocenters. The van der Waals surface area contributed by atoms with Crippen LogP contribution in [0.4, 0.5) is 0 Å². The van der Waals surface area contributed by atoms with Gasteiger partial charge in [0.15, 0.2) is 0 Å². The summed E-state index contributed by atoms with van der Waals surface area (Å²) in [4.78, 5) is 1.36. The van der Waals surface area contributed by atoms with E-state index in [1.165, 1.54) is 11.3 Å². The van der Waals surface area contributed by atoms with Crippen molar-refractivity contribution < 1.29 is 0 Å². The van der Waals surface area contributed by atoms with Crippen molar-refractivity contribution in [3.8, 4) is 6.07 Å². The lowest BCUT2D eigenvalue weighted by atomic mass is 10.0. The van der Waals surface area contributed by atoms with Gasteiger partial charge in [0.2, 0.25) is 0 Å². The number of hydrogen-bond donors (Lipinski definition) is 1. The number of thiophene rings is 1. The van der Waals surface area contributed by atoms with Crippen molar-refractivity contribution in [3.05, 3.63) is 22.4 Å². The molecule has 0 saturated heterocycles. The van der Waals surface area contributed by atoms with Gasteiger partial charge in [0.05, 0.1) is 12.0 Å². The molecular formula is C12H16N2S. The van der Waals surface area contributed by atoms with E-state index in [-0.39, 0.29) is 5.92 Å². The van der Waals surface area contributed by atoms with E-state index in [9.17, 15) is 0 Å². The summed E-state index contributed by atoms with van der Waals surface area (Å²) in [6.45, 7) is 2.18. The van der Waals surface area contributed by atoms with Crippen LogP contribution in [0, 0.1) is 17.2 Å². The van der Waals surface area contributed by atoms with Crippen LogP contribution in [0.2, 0.25) is 0 Å². The summed E-state index contributed by atoms with van der Waals surface area (Å²) in [6.07, 6.45) is 3.40. The van der Waals surface area contributed by atoms with Crippen LogP contribution in [0.15, 0.2) is 17.5 Å². The lowest BCUT2D eigenvalue weighted by molar-refractivity contribution is 0.421. The van der Waals surface area contributed by atoms with Crippen molar-refractivity contribution in [2.45, 2.75) is 38.3 Å². The second-order valence-corrected chi connectivity index (χ2v) is 5.16. The number of nitriles is 1.